The smallest absolute Gasteiger partial charge is 0.257 e. The molecule has 0 bridgehead atoms. The summed E-state index contributed by atoms with van der Waals surface area (Å²) in [5, 5.41) is 6.07. The van der Waals surface area contributed by atoms with Gasteiger partial charge < -0.3 is 10.6 Å². The first-order chi connectivity index (χ1) is 15.0. The number of carbonyl (C=O) groups excluding carboxylic acids is 3. The zero-order chi connectivity index (χ0) is 21.8. The fraction of sp³-hybridized carbons (Fsp3) is 0.391. The first kappa shape index (κ1) is 21.1. The van der Waals surface area contributed by atoms with Gasteiger partial charge in [0.25, 0.3) is 5.91 Å². The minimum atomic E-state index is -0.251. The lowest BCUT2D eigenvalue weighted by Crippen LogP contribution is -2.43. The van der Waals surface area contributed by atoms with E-state index in [0.717, 1.165) is 32.5 Å². The van der Waals surface area contributed by atoms with Crippen LogP contribution in [0.2, 0.25) is 0 Å². The van der Waals surface area contributed by atoms with Crippen molar-refractivity contribution in [3.63, 3.8) is 0 Å². The quantitative estimate of drug-likeness (QED) is 0.743. The van der Waals surface area contributed by atoms with Gasteiger partial charge in [-0.3, -0.25) is 24.2 Å². The predicted molar refractivity (Wildman–Crippen MR) is 118 cm³/mol. The molecule has 2 aromatic rings. The first-order valence-electron chi connectivity index (χ1n) is 10.6. The molecule has 1 aromatic heterocycles. The van der Waals surface area contributed by atoms with Crippen molar-refractivity contribution in [2.45, 2.75) is 19.8 Å². The Bertz CT molecular complexity index is 985. The highest BCUT2D eigenvalue weighted by Crippen LogP contribution is 2.36. The van der Waals surface area contributed by atoms with Crippen molar-refractivity contribution in [1.29, 1.82) is 0 Å². The number of amides is 2. The number of hydrogen-bond acceptors (Lipinski definition) is 6. The molecule has 2 aliphatic rings. The maximum atomic E-state index is 13.4. The molecule has 0 aliphatic carbocycles. The first-order valence-corrected chi connectivity index (χ1v) is 10.6. The van der Waals surface area contributed by atoms with Crippen LogP contribution >= 0.6 is 0 Å². The van der Waals surface area contributed by atoms with E-state index in [1.54, 1.807) is 48.4 Å². The van der Waals surface area contributed by atoms with Gasteiger partial charge >= 0.3 is 0 Å². The maximum absolute atomic E-state index is 13.4. The van der Waals surface area contributed by atoms with Gasteiger partial charge in [-0.1, -0.05) is 12.1 Å². The number of piperidine rings is 1. The highest BCUT2D eigenvalue weighted by atomic mass is 16.2. The van der Waals surface area contributed by atoms with Gasteiger partial charge in [-0.05, 0) is 69.6 Å². The van der Waals surface area contributed by atoms with Crippen molar-refractivity contribution in [3.8, 4) is 0 Å². The van der Waals surface area contributed by atoms with E-state index in [9.17, 15) is 14.4 Å². The summed E-state index contributed by atoms with van der Waals surface area (Å²) in [5.41, 5.74) is 1.52. The predicted octanol–water partition coefficient (Wildman–Crippen LogP) is 2.20. The van der Waals surface area contributed by atoms with Crippen LogP contribution in [0.15, 0.2) is 42.6 Å². The van der Waals surface area contributed by atoms with Crippen LogP contribution in [0.1, 0.15) is 30.1 Å². The Morgan fingerprint density at radius 2 is 1.94 bits per heavy atom. The molecule has 0 spiro atoms. The minimum Gasteiger partial charge on any atom is -0.319 e. The number of rotatable bonds is 6. The molecule has 0 atom stereocenters. The molecular weight excluding hydrogens is 394 g/mol. The van der Waals surface area contributed by atoms with E-state index in [4.69, 9.17) is 0 Å². The third-order valence-electron chi connectivity index (χ3n) is 5.76. The van der Waals surface area contributed by atoms with Gasteiger partial charge in [0.15, 0.2) is 5.82 Å². The third kappa shape index (κ3) is 4.81. The number of benzene rings is 1. The molecule has 2 N–H and O–H groups in total. The molecule has 8 heteroatoms. The van der Waals surface area contributed by atoms with Crippen LogP contribution in [-0.2, 0) is 9.59 Å². The molecule has 3 heterocycles. The normalized spacial score (nSPS) is 16.8. The van der Waals surface area contributed by atoms with Crippen molar-refractivity contribution < 1.29 is 14.4 Å². The number of Topliss-reactive ketones (excluding diaryl/α,β-unsaturated/α-hetero) is 1. The van der Waals surface area contributed by atoms with E-state index in [-0.39, 0.29) is 24.1 Å². The molecule has 0 radical (unpaired) electrons. The number of likely N-dealkylation sites (tertiary alicyclic amines) is 1. The summed E-state index contributed by atoms with van der Waals surface area (Å²) in [6, 6.07) is 10.6. The summed E-state index contributed by atoms with van der Waals surface area (Å²) in [4.78, 5) is 45.3. The van der Waals surface area contributed by atoms with Crippen LogP contribution in [0.25, 0.3) is 0 Å². The fourth-order valence-corrected chi connectivity index (χ4v) is 4.15. The molecule has 162 valence electrons. The van der Waals surface area contributed by atoms with Crippen LogP contribution in [0.3, 0.4) is 0 Å². The number of carbonyl (C=O) groups is 3. The van der Waals surface area contributed by atoms with E-state index in [0.29, 0.717) is 35.2 Å². The average Bonchev–Trinajstić information content (AvgIpc) is 2.88. The lowest BCUT2D eigenvalue weighted by Gasteiger charge is -2.33. The van der Waals surface area contributed by atoms with Gasteiger partial charge in [0.05, 0.1) is 30.0 Å². The summed E-state index contributed by atoms with van der Waals surface area (Å²) < 4.78 is 0. The number of fused-ring (bicyclic) bond motifs is 2. The molecular formula is C23H27N5O3. The maximum Gasteiger partial charge on any atom is 0.257 e. The van der Waals surface area contributed by atoms with Gasteiger partial charge in [0.1, 0.15) is 5.78 Å². The minimum absolute atomic E-state index is 0.114. The molecule has 1 aromatic carbocycles. The number of anilines is 3. The average molecular weight is 422 g/mol. The van der Waals surface area contributed by atoms with Crippen LogP contribution in [0.5, 0.6) is 0 Å². The molecule has 0 saturated carbocycles. The van der Waals surface area contributed by atoms with Crippen molar-refractivity contribution in [2.24, 2.45) is 5.92 Å². The molecule has 0 unspecified atom stereocenters. The second-order valence-electron chi connectivity index (χ2n) is 8.13. The van der Waals surface area contributed by atoms with Gasteiger partial charge in [0, 0.05) is 6.20 Å². The Morgan fingerprint density at radius 1 is 1.16 bits per heavy atom. The molecule has 2 amide bonds. The Morgan fingerprint density at radius 3 is 2.71 bits per heavy atom. The van der Waals surface area contributed by atoms with Crippen LogP contribution in [0.4, 0.5) is 17.2 Å². The number of nitrogens with zero attached hydrogens (tertiary/aromatic N) is 3. The molecule has 8 nitrogen and oxygen atoms in total. The third-order valence-corrected chi connectivity index (χ3v) is 5.76. The SMILES string of the molecule is CC(=O)CNCC1CCN(CC(=O)N2c3ccccc3C(=O)Nc3cccnc32)CC1. The van der Waals surface area contributed by atoms with Gasteiger partial charge in [0.2, 0.25) is 5.91 Å². The van der Waals surface area contributed by atoms with Crippen LogP contribution in [0, 0.1) is 5.92 Å². The lowest BCUT2D eigenvalue weighted by molar-refractivity contribution is -0.119. The summed E-state index contributed by atoms with van der Waals surface area (Å²) in [5.74, 6) is 0.724. The molecule has 4 rings (SSSR count). The summed E-state index contributed by atoms with van der Waals surface area (Å²) in [7, 11) is 0. The number of nitrogens with one attached hydrogen (secondary N) is 2. The number of para-hydroxylation sites is 1. The van der Waals surface area contributed by atoms with Crippen molar-refractivity contribution in [1.82, 2.24) is 15.2 Å². The largest absolute Gasteiger partial charge is 0.319 e. The van der Waals surface area contributed by atoms with E-state index in [1.165, 1.54) is 0 Å². The summed E-state index contributed by atoms with van der Waals surface area (Å²) >= 11 is 0. The zero-order valence-corrected chi connectivity index (χ0v) is 17.6. The molecule has 1 fully saturated rings. The summed E-state index contributed by atoms with van der Waals surface area (Å²) in [6.07, 6.45) is 3.58. The van der Waals surface area contributed by atoms with E-state index < -0.39 is 0 Å². The van der Waals surface area contributed by atoms with Gasteiger partial charge in [-0.25, -0.2) is 4.98 Å². The Labute approximate surface area is 181 Å². The Balaban J connectivity index is 1.47. The molecule has 2 aliphatic heterocycles. The Hall–Kier alpha value is -3.10. The van der Waals surface area contributed by atoms with Crippen molar-refractivity contribution >= 4 is 34.8 Å². The Kier molecular flexibility index (Phi) is 6.39. The number of pyridine rings is 1. The summed E-state index contributed by atoms with van der Waals surface area (Å²) in [6.45, 7) is 4.71. The fourth-order valence-electron chi connectivity index (χ4n) is 4.15. The second-order valence-corrected chi connectivity index (χ2v) is 8.13. The van der Waals surface area contributed by atoms with Crippen LogP contribution in [-0.4, -0.2) is 60.2 Å². The highest BCUT2D eigenvalue weighted by molar-refractivity contribution is 6.17. The van der Waals surface area contributed by atoms with Gasteiger partial charge in [-0.2, -0.15) is 0 Å². The number of ketones is 1. The van der Waals surface area contributed by atoms with Gasteiger partial charge in [-0.15, -0.1) is 0 Å². The topological polar surface area (TPSA) is 94.6 Å². The van der Waals surface area contributed by atoms with E-state index in [1.807, 2.05) is 6.07 Å². The number of hydrogen-bond donors (Lipinski definition) is 2. The van der Waals surface area contributed by atoms with E-state index >= 15 is 0 Å². The molecule has 1 saturated heterocycles. The zero-order valence-electron chi connectivity index (χ0n) is 17.6. The highest BCUT2D eigenvalue weighted by Gasteiger charge is 2.31. The van der Waals surface area contributed by atoms with Crippen LogP contribution < -0.4 is 15.5 Å². The second kappa shape index (κ2) is 9.36. The van der Waals surface area contributed by atoms with Crippen molar-refractivity contribution in [3.05, 3.63) is 48.2 Å². The molecule has 31 heavy (non-hydrogen) atoms. The van der Waals surface area contributed by atoms with Crippen molar-refractivity contribution in [2.75, 3.05) is 42.9 Å². The standard InChI is InChI=1S/C23H27N5O3/c1-16(29)13-24-14-17-8-11-27(12-9-17)15-21(30)28-20-7-3-2-5-18(20)23(31)26-19-6-4-10-25-22(19)28/h2-7,10,17,24H,8-9,11-15H2,1H3,(H,26,31). The monoisotopic (exact) mass is 421 g/mol. The number of aromatic nitrogens is 1. The van der Waals surface area contributed by atoms with E-state index in [2.05, 4.69) is 20.5 Å². The lowest BCUT2D eigenvalue weighted by atomic mass is 9.96.